The SMILES string of the molecule is BC1C(=O)NC(=O)C(B)(N2Cc3c(OCc4ccc(CN5CCOCC5=O)cc4)cccc3C2=O)C1(B)B. The van der Waals surface area contributed by atoms with E-state index in [0.717, 1.165) is 16.7 Å². The topological polar surface area (TPSA) is 105 Å². The monoisotopic (exact) mass is 511 g/mol. The largest absolute Gasteiger partial charge is 0.489 e. The number of fused-ring (bicyclic) bond motifs is 1. The fraction of sp³-hybridized carbons (Fsp3) is 0.360. The molecule has 9 nitrogen and oxygen atoms in total. The van der Waals surface area contributed by atoms with Crippen LogP contribution in [0.1, 0.15) is 27.0 Å². The molecule has 38 heavy (non-hydrogen) atoms. The molecule has 2 aromatic carbocycles. The Morgan fingerprint density at radius 1 is 1.03 bits per heavy atom. The first-order chi connectivity index (χ1) is 18.0. The van der Waals surface area contributed by atoms with Crippen LogP contribution in [0, 0.1) is 0 Å². The molecule has 13 heteroatoms. The van der Waals surface area contributed by atoms with E-state index < -0.39 is 22.4 Å². The summed E-state index contributed by atoms with van der Waals surface area (Å²) in [6.45, 7) is 2.33. The highest BCUT2D eigenvalue weighted by molar-refractivity contribution is 6.57. The number of hydrogen-bond acceptors (Lipinski definition) is 6. The Bertz CT molecular complexity index is 1320. The highest BCUT2D eigenvalue weighted by atomic mass is 16.5. The van der Waals surface area contributed by atoms with Gasteiger partial charge in [0.2, 0.25) is 17.7 Å². The lowest BCUT2D eigenvalue weighted by atomic mass is 9.31. The molecule has 192 valence electrons. The molecule has 0 spiro atoms. The minimum absolute atomic E-state index is 0.00537. The van der Waals surface area contributed by atoms with Crippen LogP contribution >= 0.6 is 0 Å². The van der Waals surface area contributed by atoms with E-state index in [1.54, 1.807) is 37.6 Å². The molecule has 2 atom stereocenters. The van der Waals surface area contributed by atoms with Gasteiger partial charge in [-0.15, -0.1) is 0 Å². The van der Waals surface area contributed by atoms with E-state index in [1.165, 1.54) is 0 Å². The summed E-state index contributed by atoms with van der Waals surface area (Å²) in [5.41, 5.74) is 2.00. The van der Waals surface area contributed by atoms with Crippen LogP contribution in [-0.2, 0) is 38.8 Å². The molecule has 2 saturated heterocycles. The van der Waals surface area contributed by atoms with Gasteiger partial charge in [-0.05, 0) is 23.3 Å². The van der Waals surface area contributed by atoms with Gasteiger partial charge in [0.15, 0.2) is 0 Å². The third-order valence-electron chi connectivity index (χ3n) is 8.75. The second kappa shape index (κ2) is 9.69. The van der Waals surface area contributed by atoms with Gasteiger partial charge in [0.05, 0.1) is 18.6 Å². The number of carbonyl (C=O) groups is 4. The molecular weight excluding hydrogens is 482 g/mol. The summed E-state index contributed by atoms with van der Waals surface area (Å²) >= 11 is 0. The van der Waals surface area contributed by atoms with E-state index >= 15 is 0 Å². The van der Waals surface area contributed by atoms with Crippen molar-refractivity contribution < 1.29 is 28.7 Å². The number of morpholine rings is 1. The van der Waals surface area contributed by atoms with Gasteiger partial charge in [-0.2, -0.15) is 0 Å². The molecule has 0 aromatic heterocycles. The highest BCUT2D eigenvalue weighted by Gasteiger charge is 2.60. The Morgan fingerprint density at radius 2 is 1.74 bits per heavy atom. The molecule has 2 fully saturated rings. The number of nitrogens with zero attached hydrogens (tertiary/aromatic N) is 2. The molecule has 2 unspecified atom stereocenters. The van der Waals surface area contributed by atoms with E-state index in [1.807, 2.05) is 46.0 Å². The summed E-state index contributed by atoms with van der Waals surface area (Å²) in [6.07, 6.45) is 0. The van der Waals surface area contributed by atoms with Crippen molar-refractivity contribution in [3.63, 3.8) is 0 Å². The Hall–Kier alpha value is -3.46. The summed E-state index contributed by atoms with van der Waals surface area (Å²) in [5, 5.41) is 1.68. The lowest BCUT2D eigenvalue weighted by molar-refractivity contribution is -0.143. The molecule has 3 aliphatic heterocycles. The first-order valence-electron chi connectivity index (χ1n) is 12.9. The Balaban J connectivity index is 1.31. The Kier molecular flexibility index (Phi) is 6.67. The van der Waals surface area contributed by atoms with Crippen molar-refractivity contribution in [3.8, 4) is 5.75 Å². The van der Waals surface area contributed by atoms with E-state index in [4.69, 9.17) is 9.47 Å². The zero-order valence-corrected chi connectivity index (χ0v) is 22.2. The Labute approximate surface area is 225 Å². The number of hydrogen-bond donors (Lipinski definition) is 1. The maximum atomic E-state index is 13.5. The van der Waals surface area contributed by atoms with Gasteiger partial charge in [-0.25, -0.2) is 0 Å². The van der Waals surface area contributed by atoms with E-state index in [9.17, 15) is 19.2 Å². The van der Waals surface area contributed by atoms with Gasteiger partial charge in [-0.1, -0.05) is 35.5 Å². The number of ether oxygens (including phenoxy) is 2. The summed E-state index contributed by atoms with van der Waals surface area (Å²) in [5.74, 6) is -0.917. The van der Waals surface area contributed by atoms with Crippen molar-refractivity contribution in [2.45, 2.75) is 36.2 Å². The molecule has 0 radical (unpaired) electrons. The first-order valence-corrected chi connectivity index (χ1v) is 12.9. The van der Waals surface area contributed by atoms with Crippen LogP contribution in [0.5, 0.6) is 5.75 Å². The molecule has 5 rings (SSSR count). The number of imide groups is 1. The summed E-state index contributed by atoms with van der Waals surface area (Å²) in [6, 6.07) is 13.2. The number of amides is 4. The zero-order valence-electron chi connectivity index (χ0n) is 22.2. The molecule has 3 aliphatic rings. The lowest BCUT2D eigenvalue weighted by Gasteiger charge is -2.54. The van der Waals surface area contributed by atoms with Crippen LogP contribution in [0.3, 0.4) is 0 Å². The molecule has 2 aromatic rings. The van der Waals surface area contributed by atoms with Crippen LogP contribution in [-0.4, -0.2) is 90.0 Å². The third-order valence-corrected chi connectivity index (χ3v) is 8.75. The summed E-state index contributed by atoms with van der Waals surface area (Å²) < 4.78 is 11.3. The molecular formula is C25H29B4N3O6. The molecule has 0 aliphatic carbocycles. The average molecular weight is 511 g/mol. The van der Waals surface area contributed by atoms with Crippen molar-refractivity contribution in [2.75, 3.05) is 19.8 Å². The lowest BCUT2D eigenvalue weighted by Crippen LogP contribution is -2.72. The number of benzene rings is 2. The quantitative estimate of drug-likeness (QED) is 0.337. The standard InChI is InChI=1S/C25H29B4N3O6/c26-20-21(34)30-23(36)25(29,24(20,27)28)32-11-17-16(22(32)35)2-1-3-18(17)38-12-15-6-4-14(5-7-15)10-31-8-9-37-13-19(31)33/h1-7,20H,8-13,26-29H2,(H,30,34,36). The second-order valence-corrected chi connectivity index (χ2v) is 11.0. The normalized spacial score (nSPS) is 24.8. The van der Waals surface area contributed by atoms with Crippen molar-refractivity contribution in [2.24, 2.45) is 0 Å². The molecule has 0 saturated carbocycles. The van der Waals surface area contributed by atoms with Crippen molar-refractivity contribution in [1.29, 1.82) is 0 Å². The fourth-order valence-electron chi connectivity index (χ4n) is 5.49. The number of nitrogens with one attached hydrogen (secondary N) is 1. The van der Waals surface area contributed by atoms with Crippen LogP contribution in [0.4, 0.5) is 0 Å². The van der Waals surface area contributed by atoms with Gasteiger partial charge in [0, 0.05) is 30.0 Å². The summed E-state index contributed by atoms with van der Waals surface area (Å²) in [7, 11) is 7.25. The molecule has 0 bridgehead atoms. The van der Waals surface area contributed by atoms with Gasteiger partial charge in [0.25, 0.3) is 5.91 Å². The molecule has 3 heterocycles. The van der Waals surface area contributed by atoms with Crippen LogP contribution < -0.4 is 10.1 Å². The highest BCUT2D eigenvalue weighted by Crippen LogP contribution is 2.49. The van der Waals surface area contributed by atoms with Gasteiger partial charge >= 0.3 is 0 Å². The maximum Gasteiger partial charge on any atom is 0.254 e. The van der Waals surface area contributed by atoms with Crippen LogP contribution in [0.25, 0.3) is 0 Å². The van der Waals surface area contributed by atoms with Crippen molar-refractivity contribution in [3.05, 3.63) is 64.7 Å². The predicted molar refractivity (Wildman–Crippen MR) is 150 cm³/mol. The minimum Gasteiger partial charge on any atom is -0.489 e. The smallest absolute Gasteiger partial charge is 0.254 e. The first kappa shape index (κ1) is 26.2. The summed E-state index contributed by atoms with van der Waals surface area (Å²) in [4.78, 5) is 54.4. The number of piperidine rings is 1. The van der Waals surface area contributed by atoms with Gasteiger partial charge in [-0.3, -0.25) is 24.5 Å². The van der Waals surface area contributed by atoms with E-state index in [2.05, 4.69) is 5.32 Å². The zero-order chi connectivity index (χ0) is 27.2. The molecule has 1 N–H and O–H groups in total. The number of carbonyl (C=O) groups excluding carboxylic acids is 4. The fourth-order valence-corrected chi connectivity index (χ4v) is 5.49. The third kappa shape index (κ3) is 4.22. The maximum absolute atomic E-state index is 13.5. The van der Waals surface area contributed by atoms with Gasteiger partial charge < -0.3 is 19.3 Å². The average Bonchev–Trinajstić information content (AvgIpc) is 3.25. The second-order valence-electron chi connectivity index (χ2n) is 11.0. The predicted octanol–water partition coefficient (Wildman–Crippen LogP) is -2.63. The van der Waals surface area contributed by atoms with Crippen LogP contribution in [0.2, 0.25) is 11.0 Å². The van der Waals surface area contributed by atoms with Crippen LogP contribution in [0.15, 0.2) is 42.5 Å². The Morgan fingerprint density at radius 3 is 2.45 bits per heavy atom. The van der Waals surface area contributed by atoms with Gasteiger partial charge in [0.1, 0.15) is 50.3 Å². The number of rotatable bonds is 6. The van der Waals surface area contributed by atoms with E-state index in [-0.39, 0.29) is 30.9 Å². The van der Waals surface area contributed by atoms with Crippen molar-refractivity contribution >= 4 is 55.0 Å². The van der Waals surface area contributed by atoms with Crippen molar-refractivity contribution in [1.82, 2.24) is 15.1 Å². The molecule has 4 amide bonds. The van der Waals surface area contributed by atoms with E-state index in [0.29, 0.717) is 37.6 Å². The minimum atomic E-state index is -1.22.